The van der Waals surface area contributed by atoms with Gasteiger partial charge in [-0.2, -0.15) is 0 Å². The number of carboxylic acids is 1. The number of hydrogen-bond acceptors (Lipinski definition) is 2. The molecule has 5 heteroatoms. The summed E-state index contributed by atoms with van der Waals surface area (Å²) in [6.45, 7) is 6.66. The summed E-state index contributed by atoms with van der Waals surface area (Å²) in [6.07, 6.45) is 2.18. The molecule has 0 aromatic heterocycles. The van der Waals surface area contributed by atoms with Crippen LogP contribution in [0.15, 0.2) is 0 Å². The van der Waals surface area contributed by atoms with Crippen LogP contribution in [0.4, 0.5) is 4.79 Å². The normalized spacial score (nSPS) is 13.9. The van der Waals surface area contributed by atoms with Gasteiger partial charge >= 0.3 is 12.0 Å². The molecule has 1 unspecified atom stereocenters. The Morgan fingerprint density at radius 1 is 1.35 bits per heavy atom. The number of carboxylic acid groups (broad SMARTS) is 1. The van der Waals surface area contributed by atoms with Gasteiger partial charge in [-0.15, -0.1) is 0 Å². The molecule has 2 N–H and O–H groups in total. The Kier molecular flexibility index (Phi) is 7.34. The minimum Gasteiger partial charge on any atom is -0.480 e. The fourth-order valence-electron chi connectivity index (χ4n) is 1.48. The maximum Gasteiger partial charge on any atom is 0.326 e. The molecule has 0 aliphatic heterocycles. The van der Waals surface area contributed by atoms with Crippen molar-refractivity contribution in [3.05, 3.63) is 0 Å². The van der Waals surface area contributed by atoms with Crippen molar-refractivity contribution < 1.29 is 14.7 Å². The van der Waals surface area contributed by atoms with E-state index in [2.05, 4.69) is 19.2 Å². The summed E-state index contributed by atoms with van der Waals surface area (Å²) < 4.78 is 0. The van der Waals surface area contributed by atoms with E-state index in [4.69, 9.17) is 5.11 Å². The summed E-state index contributed by atoms with van der Waals surface area (Å²) in [5.41, 5.74) is 0. The maximum atomic E-state index is 11.7. The van der Waals surface area contributed by atoms with Crippen molar-refractivity contribution in [1.29, 1.82) is 0 Å². The van der Waals surface area contributed by atoms with E-state index in [1.807, 2.05) is 6.92 Å². The van der Waals surface area contributed by atoms with E-state index in [0.29, 0.717) is 18.9 Å². The van der Waals surface area contributed by atoms with Gasteiger partial charge in [0.2, 0.25) is 0 Å². The van der Waals surface area contributed by atoms with Crippen molar-refractivity contribution >= 4 is 12.0 Å². The van der Waals surface area contributed by atoms with Crippen molar-refractivity contribution in [2.24, 2.45) is 5.92 Å². The number of carbonyl (C=O) groups is 2. The van der Waals surface area contributed by atoms with Crippen LogP contribution in [0.2, 0.25) is 0 Å². The van der Waals surface area contributed by atoms with Crippen molar-refractivity contribution in [2.75, 3.05) is 13.6 Å². The van der Waals surface area contributed by atoms with Crippen molar-refractivity contribution in [1.82, 2.24) is 10.2 Å². The number of amides is 2. The molecule has 0 aliphatic carbocycles. The average molecular weight is 244 g/mol. The highest BCUT2D eigenvalue weighted by molar-refractivity contribution is 5.82. The Morgan fingerprint density at radius 3 is 2.35 bits per heavy atom. The first-order valence-electron chi connectivity index (χ1n) is 6.16. The van der Waals surface area contributed by atoms with Gasteiger partial charge in [-0.05, 0) is 12.3 Å². The molecule has 17 heavy (non-hydrogen) atoms. The van der Waals surface area contributed by atoms with E-state index in [-0.39, 0.29) is 6.03 Å². The lowest BCUT2D eigenvalue weighted by atomic mass is 10.1. The third kappa shape index (κ3) is 6.14. The second kappa shape index (κ2) is 7.92. The largest absolute Gasteiger partial charge is 0.480 e. The molecule has 2 atom stereocenters. The number of hydrogen-bond donors (Lipinski definition) is 2. The monoisotopic (exact) mass is 244 g/mol. The third-order valence-corrected chi connectivity index (χ3v) is 2.80. The molecule has 0 saturated heterocycles. The predicted octanol–water partition coefficient (Wildman–Crippen LogP) is 1.93. The summed E-state index contributed by atoms with van der Waals surface area (Å²) in [7, 11) is 1.69. The minimum atomic E-state index is -0.975. The van der Waals surface area contributed by atoms with Gasteiger partial charge in [0.25, 0.3) is 0 Å². The van der Waals surface area contributed by atoms with Crippen LogP contribution in [0.25, 0.3) is 0 Å². The van der Waals surface area contributed by atoms with E-state index in [0.717, 1.165) is 12.8 Å². The first kappa shape index (κ1) is 15.7. The van der Waals surface area contributed by atoms with Crippen LogP contribution in [0.5, 0.6) is 0 Å². The van der Waals surface area contributed by atoms with Crippen LogP contribution in [-0.4, -0.2) is 41.6 Å². The fourth-order valence-corrected chi connectivity index (χ4v) is 1.48. The fraction of sp³-hybridized carbons (Fsp3) is 0.833. The topological polar surface area (TPSA) is 69.6 Å². The highest BCUT2D eigenvalue weighted by Crippen LogP contribution is 2.04. The lowest BCUT2D eigenvalue weighted by Crippen LogP contribution is -2.47. The summed E-state index contributed by atoms with van der Waals surface area (Å²) >= 11 is 0. The van der Waals surface area contributed by atoms with E-state index < -0.39 is 12.0 Å². The second-order valence-electron chi connectivity index (χ2n) is 4.52. The molecular weight excluding hydrogens is 220 g/mol. The zero-order valence-corrected chi connectivity index (χ0v) is 11.2. The number of nitrogens with zero attached hydrogens (tertiary/aromatic N) is 1. The summed E-state index contributed by atoms with van der Waals surface area (Å²) in [4.78, 5) is 24.2. The molecule has 5 nitrogen and oxygen atoms in total. The molecule has 0 saturated carbocycles. The van der Waals surface area contributed by atoms with Gasteiger partial charge in [-0.3, -0.25) is 0 Å². The van der Waals surface area contributed by atoms with E-state index in [1.165, 1.54) is 0 Å². The van der Waals surface area contributed by atoms with Crippen LogP contribution in [0.1, 0.15) is 40.0 Å². The van der Waals surface area contributed by atoms with Crippen LogP contribution in [-0.2, 0) is 4.79 Å². The molecule has 0 fully saturated rings. The van der Waals surface area contributed by atoms with Crippen LogP contribution in [0.3, 0.4) is 0 Å². The number of urea groups is 1. The first-order chi connectivity index (χ1) is 7.92. The smallest absolute Gasteiger partial charge is 0.326 e. The Bertz CT molecular complexity index is 256. The maximum absolute atomic E-state index is 11.7. The Balaban J connectivity index is 4.25. The van der Waals surface area contributed by atoms with Gasteiger partial charge in [0, 0.05) is 13.6 Å². The third-order valence-electron chi connectivity index (χ3n) is 2.80. The van der Waals surface area contributed by atoms with E-state index in [1.54, 1.807) is 11.9 Å². The Morgan fingerprint density at radius 2 is 1.94 bits per heavy atom. The van der Waals surface area contributed by atoms with Gasteiger partial charge in [0.15, 0.2) is 0 Å². The van der Waals surface area contributed by atoms with Gasteiger partial charge in [-0.25, -0.2) is 9.59 Å². The molecule has 100 valence electrons. The molecule has 0 rings (SSSR count). The van der Waals surface area contributed by atoms with Crippen LogP contribution < -0.4 is 5.32 Å². The predicted molar refractivity (Wildman–Crippen MR) is 66.9 cm³/mol. The average Bonchev–Trinajstić information content (AvgIpc) is 2.27. The molecular formula is C12H24N2O3. The summed E-state index contributed by atoms with van der Waals surface area (Å²) in [5, 5.41) is 11.5. The number of nitrogens with one attached hydrogen (secondary N) is 1. The van der Waals surface area contributed by atoms with Gasteiger partial charge in [-0.1, -0.05) is 33.6 Å². The SMILES string of the molecule is CCC[C@@H](NC(=O)N(C)CC(C)CC)C(=O)O. The molecule has 0 aromatic carbocycles. The molecule has 0 radical (unpaired) electrons. The first-order valence-corrected chi connectivity index (χ1v) is 6.16. The molecule has 2 amide bonds. The Hall–Kier alpha value is -1.26. The van der Waals surface area contributed by atoms with E-state index >= 15 is 0 Å². The molecule has 0 spiro atoms. The molecule has 0 bridgehead atoms. The van der Waals surface area contributed by atoms with E-state index in [9.17, 15) is 9.59 Å². The molecule has 0 aliphatic rings. The van der Waals surface area contributed by atoms with Crippen LogP contribution in [0, 0.1) is 5.92 Å². The zero-order chi connectivity index (χ0) is 13.4. The quantitative estimate of drug-likeness (QED) is 0.719. The van der Waals surface area contributed by atoms with Crippen molar-refractivity contribution in [2.45, 2.75) is 46.1 Å². The second-order valence-corrected chi connectivity index (χ2v) is 4.52. The lowest BCUT2D eigenvalue weighted by Gasteiger charge is -2.23. The van der Waals surface area contributed by atoms with Gasteiger partial charge in [0.1, 0.15) is 6.04 Å². The van der Waals surface area contributed by atoms with Gasteiger partial charge in [0.05, 0.1) is 0 Å². The highest BCUT2D eigenvalue weighted by Gasteiger charge is 2.21. The van der Waals surface area contributed by atoms with Crippen molar-refractivity contribution in [3.8, 4) is 0 Å². The summed E-state index contributed by atoms with van der Waals surface area (Å²) in [6, 6.07) is -1.10. The van der Waals surface area contributed by atoms with Crippen LogP contribution >= 0.6 is 0 Å². The van der Waals surface area contributed by atoms with Crippen molar-refractivity contribution in [3.63, 3.8) is 0 Å². The standard InChI is InChI=1S/C12H24N2O3/c1-5-7-10(11(15)16)13-12(17)14(4)8-9(3)6-2/h9-10H,5-8H2,1-4H3,(H,13,17)(H,15,16)/t9?,10-/m1/s1. The lowest BCUT2D eigenvalue weighted by molar-refractivity contribution is -0.139. The van der Waals surface area contributed by atoms with Gasteiger partial charge < -0.3 is 15.3 Å². The highest BCUT2D eigenvalue weighted by atomic mass is 16.4. The number of aliphatic carboxylic acids is 1. The minimum absolute atomic E-state index is 0.314. The molecule has 0 heterocycles. The summed E-state index contributed by atoms with van der Waals surface area (Å²) in [5.74, 6) is -0.558. The Labute approximate surface area is 103 Å². The number of carbonyl (C=O) groups excluding carboxylic acids is 1. The zero-order valence-electron chi connectivity index (χ0n) is 11.2. The number of rotatable bonds is 7. The molecule has 0 aromatic rings.